The van der Waals surface area contributed by atoms with Gasteiger partial charge >= 0.3 is 17.8 Å². The molecule has 9 heteroatoms. The van der Waals surface area contributed by atoms with Crippen molar-refractivity contribution in [2.24, 2.45) is 0 Å². The number of H-pyrrole nitrogens is 1. The molecule has 0 aliphatic carbocycles. The summed E-state index contributed by atoms with van der Waals surface area (Å²) in [6, 6.07) is 6.00. The number of halogens is 3. The fourth-order valence-electron chi connectivity index (χ4n) is 1.99. The van der Waals surface area contributed by atoms with Crippen molar-refractivity contribution < 1.29 is 22.7 Å². The molecule has 0 aliphatic rings. The number of benzene rings is 1. The summed E-state index contributed by atoms with van der Waals surface area (Å²) < 4.78 is 43.7. The number of methoxy groups -OCH3 is 1. The molecular weight excluding hydrogens is 303 g/mol. The van der Waals surface area contributed by atoms with Gasteiger partial charge in [0.05, 0.1) is 12.8 Å². The quantitative estimate of drug-likeness (QED) is 0.871. The predicted octanol–water partition coefficient (Wildman–Crippen LogP) is 1.68. The number of aromatic amines is 1. The van der Waals surface area contributed by atoms with Crippen LogP contribution < -0.4 is 5.69 Å². The zero-order chi connectivity index (χ0) is 16.3. The van der Waals surface area contributed by atoms with E-state index in [9.17, 15) is 22.8 Å². The van der Waals surface area contributed by atoms with Crippen LogP contribution in [0.25, 0.3) is 5.69 Å². The number of hydrogen-bond donors (Lipinski definition) is 1. The molecule has 22 heavy (non-hydrogen) atoms. The molecule has 1 heterocycles. The lowest BCUT2D eigenvalue weighted by Crippen LogP contribution is -2.22. The molecule has 1 aromatic heterocycles. The van der Waals surface area contributed by atoms with Crippen LogP contribution >= 0.6 is 0 Å². The second-order valence-corrected chi connectivity index (χ2v) is 4.39. The lowest BCUT2D eigenvalue weighted by molar-refractivity contribution is -0.146. The largest absolute Gasteiger partial charge is 0.469 e. The maximum atomic E-state index is 12.9. The average molecular weight is 315 g/mol. The highest BCUT2D eigenvalue weighted by atomic mass is 19.4. The lowest BCUT2D eigenvalue weighted by Gasteiger charge is -2.12. The second-order valence-electron chi connectivity index (χ2n) is 4.39. The van der Waals surface area contributed by atoms with Crippen molar-refractivity contribution in [3.63, 3.8) is 0 Å². The zero-order valence-electron chi connectivity index (χ0n) is 11.5. The molecule has 118 valence electrons. The van der Waals surface area contributed by atoms with E-state index in [0.29, 0.717) is 10.1 Å². The number of rotatable bonds is 4. The minimum absolute atomic E-state index is 0.0124. The summed E-state index contributed by atoms with van der Waals surface area (Å²) in [5.74, 6) is -1.84. The number of aryl methyl sites for hydroxylation is 1. The molecule has 0 saturated heterocycles. The van der Waals surface area contributed by atoms with Crippen molar-refractivity contribution >= 4 is 5.97 Å². The van der Waals surface area contributed by atoms with Gasteiger partial charge in [0.1, 0.15) is 0 Å². The number of para-hydroxylation sites is 1. The highest BCUT2D eigenvalue weighted by Crippen LogP contribution is 2.29. The third kappa shape index (κ3) is 3.18. The van der Waals surface area contributed by atoms with Crippen molar-refractivity contribution in [2.45, 2.75) is 19.0 Å². The maximum absolute atomic E-state index is 12.9. The standard InChI is InChI=1S/C13H12F3N3O3/c1-22-10(20)7-6-8-4-2-3-5-9(8)19-11(13(14,15)16)17-18-12(19)21/h2-5H,6-7H2,1H3,(H,18,21). The van der Waals surface area contributed by atoms with Crippen LogP contribution in [0, 0.1) is 0 Å². The maximum Gasteiger partial charge on any atom is 0.452 e. The number of nitrogens with one attached hydrogen (secondary N) is 1. The summed E-state index contributed by atoms with van der Waals surface area (Å²) in [5.41, 5.74) is -0.572. The van der Waals surface area contributed by atoms with E-state index in [2.05, 4.69) is 9.84 Å². The number of hydrogen-bond acceptors (Lipinski definition) is 4. The van der Waals surface area contributed by atoms with Gasteiger partial charge < -0.3 is 4.74 Å². The van der Waals surface area contributed by atoms with E-state index < -0.39 is 23.7 Å². The first kappa shape index (κ1) is 15.8. The molecule has 0 atom stereocenters. The van der Waals surface area contributed by atoms with Gasteiger partial charge in [-0.2, -0.15) is 13.2 Å². The Morgan fingerprint density at radius 2 is 2.05 bits per heavy atom. The van der Waals surface area contributed by atoms with E-state index in [4.69, 9.17) is 0 Å². The SMILES string of the molecule is COC(=O)CCc1ccccc1-n1c(C(F)(F)F)n[nH]c1=O. The molecule has 0 fully saturated rings. The van der Waals surface area contributed by atoms with Crippen LogP contribution in [0.5, 0.6) is 0 Å². The van der Waals surface area contributed by atoms with Gasteiger partial charge in [-0.3, -0.25) is 4.79 Å². The fourth-order valence-corrected chi connectivity index (χ4v) is 1.99. The van der Waals surface area contributed by atoms with Crippen LogP contribution in [0.2, 0.25) is 0 Å². The molecule has 1 aromatic carbocycles. The van der Waals surface area contributed by atoms with E-state index in [-0.39, 0.29) is 18.5 Å². The normalized spacial score (nSPS) is 11.5. The number of nitrogens with zero attached hydrogens (tertiary/aromatic N) is 2. The van der Waals surface area contributed by atoms with Crippen LogP contribution in [-0.4, -0.2) is 27.8 Å². The molecule has 2 aromatic rings. The monoisotopic (exact) mass is 315 g/mol. The van der Waals surface area contributed by atoms with Crippen molar-refractivity contribution in [3.8, 4) is 5.69 Å². The summed E-state index contributed by atoms with van der Waals surface area (Å²) in [7, 11) is 1.22. The van der Waals surface area contributed by atoms with E-state index in [1.54, 1.807) is 11.2 Å². The first-order valence-electron chi connectivity index (χ1n) is 6.24. The van der Waals surface area contributed by atoms with Gasteiger partial charge in [-0.1, -0.05) is 18.2 Å². The van der Waals surface area contributed by atoms with Gasteiger partial charge in [-0.15, -0.1) is 5.10 Å². The Morgan fingerprint density at radius 3 is 2.68 bits per heavy atom. The number of carbonyl (C=O) groups is 1. The highest BCUT2D eigenvalue weighted by molar-refractivity contribution is 5.69. The number of ether oxygens (including phenoxy) is 1. The van der Waals surface area contributed by atoms with Crippen LogP contribution in [-0.2, 0) is 22.1 Å². The van der Waals surface area contributed by atoms with E-state index >= 15 is 0 Å². The molecule has 1 N–H and O–H groups in total. The molecule has 0 amide bonds. The molecule has 0 aliphatic heterocycles. The highest BCUT2D eigenvalue weighted by Gasteiger charge is 2.38. The zero-order valence-corrected chi connectivity index (χ0v) is 11.5. The smallest absolute Gasteiger partial charge is 0.452 e. The molecule has 0 bridgehead atoms. The minimum atomic E-state index is -4.78. The Labute approximate surface area is 122 Å². The Bertz CT molecular complexity index is 734. The summed E-state index contributed by atoms with van der Waals surface area (Å²) in [5, 5.41) is 4.82. The van der Waals surface area contributed by atoms with Gasteiger partial charge in [0.15, 0.2) is 0 Å². The molecule has 6 nitrogen and oxygen atoms in total. The van der Waals surface area contributed by atoms with Crippen molar-refractivity contribution in [1.82, 2.24) is 14.8 Å². The molecule has 0 unspecified atom stereocenters. The summed E-state index contributed by atoms with van der Waals surface area (Å²) in [4.78, 5) is 22.9. The van der Waals surface area contributed by atoms with E-state index in [1.807, 2.05) is 0 Å². The van der Waals surface area contributed by atoms with Crippen LogP contribution in [0.15, 0.2) is 29.1 Å². The Morgan fingerprint density at radius 1 is 1.36 bits per heavy atom. The third-order valence-corrected chi connectivity index (χ3v) is 2.98. The number of carbonyl (C=O) groups excluding carboxylic acids is 1. The summed E-state index contributed by atoms with van der Waals surface area (Å²) in [6.07, 6.45) is -4.66. The van der Waals surface area contributed by atoms with Crippen molar-refractivity contribution in [2.75, 3.05) is 7.11 Å². The molecule has 0 spiro atoms. The molecule has 2 rings (SSSR count). The van der Waals surface area contributed by atoms with Crippen LogP contribution in [0.3, 0.4) is 0 Å². The van der Waals surface area contributed by atoms with Crippen molar-refractivity contribution in [1.29, 1.82) is 0 Å². The Hall–Kier alpha value is -2.58. The van der Waals surface area contributed by atoms with E-state index in [0.717, 1.165) is 0 Å². The Kier molecular flexibility index (Phi) is 4.34. The van der Waals surface area contributed by atoms with Gasteiger partial charge in [-0.25, -0.2) is 14.5 Å². The van der Waals surface area contributed by atoms with Gasteiger partial charge in [0.25, 0.3) is 0 Å². The number of aromatic nitrogens is 3. The summed E-state index contributed by atoms with van der Waals surface area (Å²) >= 11 is 0. The number of esters is 1. The predicted molar refractivity (Wildman–Crippen MR) is 69.5 cm³/mol. The van der Waals surface area contributed by atoms with Crippen LogP contribution in [0.1, 0.15) is 17.8 Å². The minimum Gasteiger partial charge on any atom is -0.469 e. The summed E-state index contributed by atoms with van der Waals surface area (Å²) in [6.45, 7) is 0. The first-order valence-corrected chi connectivity index (χ1v) is 6.24. The third-order valence-electron chi connectivity index (χ3n) is 2.98. The molecular formula is C13H12F3N3O3. The Balaban J connectivity index is 2.48. The second kappa shape index (κ2) is 6.04. The fraction of sp³-hybridized carbons (Fsp3) is 0.308. The first-order chi connectivity index (χ1) is 10.3. The van der Waals surface area contributed by atoms with Crippen LogP contribution in [0.4, 0.5) is 13.2 Å². The lowest BCUT2D eigenvalue weighted by atomic mass is 10.1. The molecule has 0 saturated carbocycles. The molecule has 0 radical (unpaired) electrons. The van der Waals surface area contributed by atoms with Gasteiger partial charge in [-0.05, 0) is 18.1 Å². The topological polar surface area (TPSA) is 77.0 Å². The van der Waals surface area contributed by atoms with Gasteiger partial charge in [0.2, 0.25) is 5.82 Å². The number of alkyl halides is 3. The average Bonchev–Trinajstić information content (AvgIpc) is 2.86. The van der Waals surface area contributed by atoms with Gasteiger partial charge in [0, 0.05) is 6.42 Å². The van der Waals surface area contributed by atoms with Crippen molar-refractivity contribution in [3.05, 3.63) is 46.1 Å². The van der Waals surface area contributed by atoms with E-state index in [1.165, 1.54) is 25.3 Å².